The van der Waals surface area contributed by atoms with Gasteiger partial charge in [0.2, 0.25) is 6.29 Å². The number of nitrogens with zero attached hydrogens (tertiary/aromatic N) is 1. The van der Waals surface area contributed by atoms with Crippen LogP contribution in [0.3, 0.4) is 0 Å². The van der Waals surface area contributed by atoms with Gasteiger partial charge in [-0.2, -0.15) is 0 Å². The van der Waals surface area contributed by atoms with Gasteiger partial charge in [0, 0.05) is 19.8 Å². The third-order valence-corrected chi connectivity index (χ3v) is 2.33. The van der Waals surface area contributed by atoms with Gasteiger partial charge in [-0.3, -0.25) is 0 Å². The predicted octanol–water partition coefficient (Wildman–Crippen LogP) is 2.77. The standard InChI is InChI=1S/C12H12FNO3/c1-15-12(16-2)10-11(17-7-14-10)8-4-3-5-9(13)6-8/h3-7,12H,1-2H3. The molecule has 0 saturated heterocycles. The van der Waals surface area contributed by atoms with E-state index in [1.807, 2.05) is 0 Å². The first-order valence-electron chi connectivity index (χ1n) is 5.01. The van der Waals surface area contributed by atoms with Crippen molar-refractivity contribution < 1.29 is 18.3 Å². The van der Waals surface area contributed by atoms with E-state index in [1.54, 1.807) is 12.1 Å². The summed E-state index contributed by atoms with van der Waals surface area (Å²) >= 11 is 0. The van der Waals surface area contributed by atoms with Crippen molar-refractivity contribution in [2.45, 2.75) is 6.29 Å². The van der Waals surface area contributed by atoms with Gasteiger partial charge in [0.1, 0.15) is 11.5 Å². The summed E-state index contributed by atoms with van der Waals surface area (Å²) in [4.78, 5) is 4.03. The second kappa shape index (κ2) is 5.07. The second-order valence-corrected chi connectivity index (χ2v) is 3.38. The highest BCUT2D eigenvalue weighted by molar-refractivity contribution is 5.59. The zero-order valence-corrected chi connectivity index (χ0v) is 9.51. The molecule has 2 aromatic rings. The van der Waals surface area contributed by atoms with Crippen LogP contribution >= 0.6 is 0 Å². The van der Waals surface area contributed by atoms with Gasteiger partial charge in [-0.1, -0.05) is 12.1 Å². The average Bonchev–Trinajstić information content (AvgIpc) is 2.80. The number of methoxy groups -OCH3 is 2. The van der Waals surface area contributed by atoms with Gasteiger partial charge in [-0.05, 0) is 12.1 Å². The lowest BCUT2D eigenvalue weighted by molar-refractivity contribution is -0.108. The molecular weight excluding hydrogens is 225 g/mol. The lowest BCUT2D eigenvalue weighted by Crippen LogP contribution is -2.05. The van der Waals surface area contributed by atoms with Gasteiger partial charge in [0.25, 0.3) is 0 Å². The lowest BCUT2D eigenvalue weighted by atomic mass is 10.1. The van der Waals surface area contributed by atoms with Crippen molar-refractivity contribution in [3.63, 3.8) is 0 Å². The molecule has 0 atom stereocenters. The van der Waals surface area contributed by atoms with E-state index >= 15 is 0 Å². The molecule has 90 valence electrons. The van der Waals surface area contributed by atoms with Crippen LogP contribution in [0.5, 0.6) is 0 Å². The fourth-order valence-electron chi connectivity index (χ4n) is 1.59. The van der Waals surface area contributed by atoms with Gasteiger partial charge in [0.05, 0.1) is 0 Å². The summed E-state index contributed by atoms with van der Waals surface area (Å²) < 4.78 is 28.6. The molecular formula is C12H12FNO3. The van der Waals surface area contributed by atoms with E-state index < -0.39 is 6.29 Å². The molecule has 0 N–H and O–H groups in total. The lowest BCUT2D eigenvalue weighted by Gasteiger charge is -2.11. The first kappa shape index (κ1) is 11.8. The predicted molar refractivity (Wildman–Crippen MR) is 58.7 cm³/mol. The number of rotatable bonds is 4. The molecule has 0 amide bonds. The summed E-state index contributed by atoms with van der Waals surface area (Å²) in [6.07, 6.45) is 0.646. The van der Waals surface area contributed by atoms with Crippen LogP contribution in [0.1, 0.15) is 12.0 Å². The summed E-state index contributed by atoms with van der Waals surface area (Å²) in [5.41, 5.74) is 1.08. The van der Waals surface area contributed by atoms with Crippen molar-refractivity contribution in [2.75, 3.05) is 14.2 Å². The zero-order valence-electron chi connectivity index (χ0n) is 9.51. The van der Waals surface area contributed by atoms with Crippen molar-refractivity contribution in [1.29, 1.82) is 0 Å². The monoisotopic (exact) mass is 237 g/mol. The quantitative estimate of drug-likeness (QED) is 0.767. The molecule has 5 heteroatoms. The summed E-state index contributed by atoms with van der Waals surface area (Å²) in [5.74, 6) is 0.106. The molecule has 1 aromatic heterocycles. The minimum Gasteiger partial charge on any atom is -0.443 e. The fraction of sp³-hybridized carbons (Fsp3) is 0.250. The van der Waals surface area contributed by atoms with Crippen LogP contribution in [-0.4, -0.2) is 19.2 Å². The maximum absolute atomic E-state index is 13.1. The van der Waals surface area contributed by atoms with E-state index in [0.717, 1.165) is 0 Å². The van der Waals surface area contributed by atoms with Crippen LogP contribution in [0.4, 0.5) is 4.39 Å². The Kier molecular flexibility index (Phi) is 3.51. The Morgan fingerprint density at radius 3 is 2.71 bits per heavy atom. The van der Waals surface area contributed by atoms with E-state index in [9.17, 15) is 4.39 Å². The van der Waals surface area contributed by atoms with Crippen molar-refractivity contribution in [1.82, 2.24) is 4.98 Å². The SMILES string of the molecule is COC(OC)c1ncoc1-c1cccc(F)c1. The highest BCUT2D eigenvalue weighted by Gasteiger charge is 2.20. The van der Waals surface area contributed by atoms with Crippen molar-refractivity contribution in [3.8, 4) is 11.3 Å². The molecule has 1 heterocycles. The van der Waals surface area contributed by atoms with Gasteiger partial charge >= 0.3 is 0 Å². The molecule has 0 radical (unpaired) electrons. The van der Waals surface area contributed by atoms with E-state index in [4.69, 9.17) is 13.9 Å². The molecule has 4 nitrogen and oxygen atoms in total. The number of hydrogen-bond donors (Lipinski definition) is 0. The normalized spacial score (nSPS) is 11.1. The van der Waals surface area contributed by atoms with Crippen molar-refractivity contribution in [2.24, 2.45) is 0 Å². The number of oxazole rings is 1. The van der Waals surface area contributed by atoms with Gasteiger partial charge in [-0.25, -0.2) is 9.37 Å². The molecule has 0 aliphatic carbocycles. The molecule has 0 unspecified atom stereocenters. The van der Waals surface area contributed by atoms with E-state index in [0.29, 0.717) is 17.0 Å². The zero-order chi connectivity index (χ0) is 12.3. The molecule has 0 aliphatic rings. The highest BCUT2D eigenvalue weighted by Crippen LogP contribution is 2.29. The van der Waals surface area contributed by atoms with Crippen LogP contribution in [-0.2, 0) is 9.47 Å². The summed E-state index contributed by atoms with van der Waals surface area (Å²) in [5, 5.41) is 0. The smallest absolute Gasteiger partial charge is 0.204 e. The number of aromatic nitrogens is 1. The fourth-order valence-corrected chi connectivity index (χ4v) is 1.59. The summed E-state index contributed by atoms with van der Waals surface area (Å²) in [6, 6.07) is 6.07. The molecule has 0 fully saturated rings. The van der Waals surface area contributed by atoms with E-state index in [-0.39, 0.29) is 5.82 Å². The number of halogens is 1. The number of ether oxygens (including phenoxy) is 2. The van der Waals surface area contributed by atoms with Crippen LogP contribution < -0.4 is 0 Å². The molecule has 2 rings (SSSR count). The van der Waals surface area contributed by atoms with E-state index in [1.165, 1.54) is 32.7 Å². The third-order valence-electron chi connectivity index (χ3n) is 2.33. The maximum Gasteiger partial charge on any atom is 0.204 e. The van der Waals surface area contributed by atoms with Gasteiger partial charge < -0.3 is 13.9 Å². The third kappa shape index (κ3) is 2.35. The Bertz CT molecular complexity index is 494. The first-order chi connectivity index (χ1) is 8.26. The molecule has 0 bridgehead atoms. The largest absolute Gasteiger partial charge is 0.443 e. The van der Waals surface area contributed by atoms with Crippen LogP contribution in [0.2, 0.25) is 0 Å². The Hall–Kier alpha value is -1.72. The van der Waals surface area contributed by atoms with Gasteiger partial charge in [0.15, 0.2) is 12.2 Å². The Labute approximate surface area is 98.0 Å². The minimum absolute atomic E-state index is 0.337. The number of hydrogen-bond acceptors (Lipinski definition) is 4. The molecule has 1 aromatic carbocycles. The Balaban J connectivity index is 2.43. The van der Waals surface area contributed by atoms with Crippen LogP contribution in [0, 0.1) is 5.82 Å². The summed E-state index contributed by atoms with van der Waals surface area (Å²) in [7, 11) is 3.00. The first-order valence-corrected chi connectivity index (χ1v) is 5.01. The molecule has 0 aliphatic heterocycles. The Morgan fingerprint density at radius 1 is 1.29 bits per heavy atom. The second-order valence-electron chi connectivity index (χ2n) is 3.38. The van der Waals surface area contributed by atoms with Crippen molar-refractivity contribution >= 4 is 0 Å². The van der Waals surface area contributed by atoms with Gasteiger partial charge in [-0.15, -0.1) is 0 Å². The topological polar surface area (TPSA) is 44.5 Å². The van der Waals surface area contributed by atoms with Crippen molar-refractivity contribution in [3.05, 3.63) is 42.2 Å². The molecule has 17 heavy (non-hydrogen) atoms. The maximum atomic E-state index is 13.1. The van der Waals surface area contributed by atoms with Crippen LogP contribution in [0.15, 0.2) is 35.1 Å². The Morgan fingerprint density at radius 2 is 2.06 bits per heavy atom. The highest BCUT2D eigenvalue weighted by atomic mass is 19.1. The summed E-state index contributed by atoms with van der Waals surface area (Å²) in [6.45, 7) is 0. The molecule has 0 spiro atoms. The minimum atomic E-state index is -0.632. The van der Waals surface area contributed by atoms with Crippen LogP contribution in [0.25, 0.3) is 11.3 Å². The molecule has 0 saturated carbocycles. The average molecular weight is 237 g/mol. The van der Waals surface area contributed by atoms with E-state index in [2.05, 4.69) is 4.98 Å². The number of benzene rings is 1.